The van der Waals surface area contributed by atoms with Gasteiger partial charge in [0.15, 0.2) is 17.1 Å². The van der Waals surface area contributed by atoms with Crippen LogP contribution in [0, 0.1) is 0 Å². The number of rotatable bonds is 6. The van der Waals surface area contributed by atoms with E-state index in [9.17, 15) is 0 Å². The van der Waals surface area contributed by atoms with Crippen molar-refractivity contribution >= 4 is 22.9 Å². The highest BCUT2D eigenvalue weighted by molar-refractivity contribution is 7.99. The third-order valence-corrected chi connectivity index (χ3v) is 4.32. The predicted octanol–water partition coefficient (Wildman–Crippen LogP) is 4.12. The van der Waals surface area contributed by atoms with E-state index in [0.29, 0.717) is 11.8 Å². The minimum absolute atomic E-state index is 0.278. The third kappa shape index (κ3) is 3.22. The molecule has 0 spiro atoms. The second-order valence-electron chi connectivity index (χ2n) is 5.01. The highest BCUT2D eigenvalue weighted by Gasteiger charge is 2.13. The van der Waals surface area contributed by atoms with E-state index in [4.69, 9.17) is 18.6 Å². The Labute approximate surface area is 137 Å². The van der Waals surface area contributed by atoms with Crippen LogP contribution in [0.3, 0.4) is 0 Å². The average molecular weight is 329 g/mol. The van der Waals surface area contributed by atoms with Crippen LogP contribution >= 0.6 is 11.8 Å². The summed E-state index contributed by atoms with van der Waals surface area (Å²) < 4.78 is 22.0. The molecule has 0 saturated heterocycles. The minimum atomic E-state index is 0.278. The maximum atomic E-state index is 5.73. The summed E-state index contributed by atoms with van der Waals surface area (Å²) in [4.78, 5) is 4.43. The SMILES string of the molecule is c1ccc2oc(SCCCOc3ccc4c(c3)OCO4)nc2c1. The lowest BCUT2D eigenvalue weighted by Gasteiger charge is -2.06. The van der Waals surface area contributed by atoms with E-state index in [1.165, 1.54) is 0 Å². The van der Waals surface area contributed by atoms with Crippen LogP contribution in [0.15, 0.2) is 52.1 Å². The van der Waals surface area contributed by atoms with Gasteiger partial charge in [-0.3, -0.25) is 0 Å². The molecule has 0 amide bonds. The van der Waals surface area contributed by atoms with E-state index in [1.54, 1.807) is 11.8 Å². The second kappa shape index (κ2) is 6.42. The van der Waals surface area contributed by atoms with Gasteiger partial charge in [-0.25, -0.2) is 4.98 Å². The van der Waals surface area contributed by atoms with Gasteiger partial charge in [0.05, 0.1) is 6.61 Å². The maximum absolute atomic E-state index is 5.73. The predicted molar refractivity (Wildman–Crippen MR) is 87.4 cm³/mol. The fraction of sp³-hybridized carbons (Fsp3) is 0.235. The first kappa shape index (κ1) is 14.3. The van der Waals surface area contributed by atoms with E-state index in [2.05, 4.69) is 4.98 Å². The molecule has 0 aliphatic carbocycles. The maximum Gasteiger partial charge on any atom is 0.256 e. The summed E-state index contributed by atoms with van der Waals surface area (Å²) in [7, 11) is 0. The van der Waals surface area contributed by atoms with Crippen LogP contribution in [-0.2, 0) is 0 Å². The molecule has 2 heterocycles. The molecule has 118 valence electrons. The number of benzene rings is 2. The van der Waals surface area contributed by atoms with Gasteiger partial charge < -0.3 is 18.6 Å². The van der Waals surface area contributed by atoms with Gasteiger partial charge in [0.2, 0.25) is 6.79 Å². The lowest BCUT2D eigenvalue weighted by atomic mass is 10.3. The first-order valence-corrected chi connectivity index (χ1v) is 8.38. The monoisotopic (exact) mass is 329 g/mol. The molecule has 1 aromatic heterocycles. The smallest absolute Gasteiger partial charge is 0.256 e. The van der Waals surface area contributed by atoms with E-state index in [-0.39, 0.29) is 6.79 Å². The number of hydrogen-bond donors (Lipinski definition) is 0. The lowest BCUT2D eigenvalue weighted by Crippen LogP contribution is -1.98. The Hall–Kier alpha value is -2.34. The molecule has 0 radical (unpaired) electrons. The molecule has 5 nitrogen and oxygen atoms in total. The van der Waals surface area contributed by atoms with Crippen molar-refractivity contribution in [3.05, 3.63) is 42.5 Å². The van der Waals surface area contributed by atoms with Gasteiger partial charge >= 0.3 is 0 Å². The van der Waals surface area contributed by atoms with Crippen LogP contribution in [0.25, 0.3) is 11.1 Å². The van der Waals surface area contributed by atoms with E-state index in [0.717, 1.165) is 40.5 Å². The average Bonchev–Trinajstić information content (AvgIpc) is 3.20. The van der Waals surface area contributed by atoms with Crippen LogP contribution < -0.4 is 14.2 Å². The van der Waals surface area contributed by atoms with Crippen molar-refractivity contribution in [1.82, 2.24) is 4.98 Å². The fourth-order valence-electron chi connectivity index (χ4n) is 2.29. The number of hydrogen-bond acceptors (Lipinski definition) is 6. The van der Waals surface area contributed by atoms with Gasteiger partial charge in [0.25, 0.3) is 5.22 Å². The van der Waals surface area contributed by atoms with Gasteiger partial charge in [-0.05, 0) is 30.7 Å². The molecular formula is C17H15NO4S. The Bertz CT molecular complexity index is 784. The number of ether oxygens (including phenoxy) is 3. The van der Waals surface area contributed by atoms with E-state index >= 15 is 0 Å². The molecule has 0 N–H and O–H groups in total. The highest BCUT2D eigenvalue weighted by Crippen LogP contribution is 2.35. The van der Waals surface area contributed by atoms with Crippen molar-refractivity contribution in [1.29, 1.82) is 0 Å². The number of oxazole rings is 1. The summed E-state index contributed by atoms with van der Waals surface area (Å²) in [5.74, 6) is 3.19. The van der Waals surface area contributed by atoms with Crippen molar-refractivity contribution < 1.29 is 18.6 Å². The molecule has 6 heteroatoms. The summed E-state index contributed by atoms with van der Waals surface area (Å²) in [6, 6.07) is 13.4. The molecule has 0 bridgehead atoms. The Kier molecular flexibility index (Phi) is 3.98. The first-order chi connectivity index (χ1) is 11.4. The van der Waals surface area contributed by atoms with Gasteiger partial charge in [-0.2, -0.15) is 0 Å². The van der Waals surface area contributed by atoms with Crippen LogP contribution in [0.2, 0.25) is 0 Å². The Morgan fingerprint density at radius 1 is 1.09 bits per heavy atom. The molecule has 3 aromatic rings. The summed E-state index contributed by atoms with van der Waals surface area (Å²) in [6.07, 6.45) is 0.901. The van der Waals surface area contributed by atoms with Gasteiger partial charge in [-0.15, -0.1) is 0 Å². The number of para-hydroxylation sites is 2. The van der Waals surface area contributed by atoms with Crippen molar-refractivity contribution in [3.63, 3.8) is 0 Å². The summed E-state index contributed by atoms with van der Waals surface area (Å²) >= 11 is 1.60. The number of fused-ring (bicyclic) bond motifs is 2. The molecule has 0 fully saturated rings. The largest absolute Gasteiger partial charge is 0.493 e. The molecule has 23 heavy (non-hydrogen) atoms. The zero-order chi connectivity index (χ0) is 15.5. The van der Waals surface area contributed by atoms with Crippen molar-refractivity contribution in [3.8, 4) is 17.2 Å². The Balaban J connectivity index is 1.24. The Morgan fingerprint density at radius 2 is 2.00 bits per heavy atom. The van der Waals surface area contributed by atoms with Crippen LogP contribution in [0.4, 0.5) is 0 Å². The zero-order valence-electron chi connectivity index (χ0n) is 12.4. The van der Waals surface area contributed by atoms with Crippen LogP contribution in [-0.4, -0.2) is 24.1 Å². The van der Waals surface area contributed by atoms with E-state index in [1.807, 2.05) is 42.5 Å². The fourth-order valence-corrected chi connectivity index (χ4v) is 3.04. The molecule has 0 saturated carbocycles. The molecule has 4 rings (SSSR count). The zero-order valence-corrected chi connectivity index (χ0v) is 13.2. The lowest BCUT2D eigenvalue weighted by molar-refractivity contribution is 0.173. The minimum Gasteiger partial charge on any atom is -0.493 e. The number of nitrogens with zero attached hydrogens (tertiary/aromatic N) is 1. The van der Waals surface area contributed by atoms with E-state index < -0.39 is 0 Å². The normalized spacial score (nSPS) is 12.7. The number of aromatic nitrogens is 1. The molecule has 2 aromatic carbocycles. The molecule has 0 unspecified atom stereocenters. The molecular weight excluding hydrogens is 314 g/mol. The molecule has 1 aliphatic heterocycles. The Morgan fingerprint density at radius 3 is 2.96 bits per heavy atom. The van der Waals surface area contributed by atoms with Gasteiger partial charge in [-0.1, -0.05) is 23.9 Å². The standard InChI is InChI=1S/C17H15NO4S/c1-2-5-14-13(4-1)18-17(22-14)23-9-3-8-19-12-6-7-15-16(10-12)21-11-20-15/h1-2,4-7,10H,3,8-9,11H2. The number of thioether (sulfide) groups is 1. The topological polar surface area (TPSA) is 53.7 Å². The summed E-state index contributed by atoms with van der Waals surface area (Å²) in [5.41, 5.74) is 1.72. The molecule has 0 atom stereocenters. The molecule has 1 aliphatic rings. The quantitative estimate of drug-likeness (QED) is 0.501. The second-order valence-corrected chi connectivity index (χ2v) is 6.06. The van der Waals surface area contributed by atoms with Gasteiger partial charge in [0, 0.05) is 11.8 Å². The first-order valence-electron chi connectivity index (χ1n) is 7.39. The summed E-state index contributed by atoms with van der Waals surface area (Å²) in [6.45, 7) is 0.910. The third-order valence-electron chi connectivity index (χ3n) is 3.40. The van der Waals surface area contributed by atoms with Crippen molar-refractivity contribution in [2.24, 2.45) is 0 Å². The summed E-state index contributed by atoms with van der Waals surface area (Å²) in [5, 5.41) is 0.703. The highest BCUT2D eigenvalue weighted by atomic mass is 32.2. The van der Waals surface area contributed by atoms with Crippen molar-refractivity contribution in [2.45, 2.75) is 11.6 Å². The van der Waals surface area contributed by atoms with Crippen LogP contribution in [0.5, 0.6) is 17.2 Å². The van der Waals surface area contributed by atoms with Crippen molar-refractivity contribution in [2.75, 3.05) is 19.2 Å². The van der Waals surface area contributed by atoms with Gasteiger partial charge in [0.1, 0.15) is 11.3 Å². The van der Waals surface area contributed by atoms with Crippen LogP contribution in [0.1, 0.15) is 6.42 Å².